The van der Waals surface area contributed by atoms with Crippen LogP contribution >= 0.6 is 23.2 Å². The quantitative estimate of drug-likeness (QED) is 0.588. The van der Waals surface area contributed by atoms with E-state index in [0.29, 0.717) is 29.6 Å². The van der Waals surface area contributed by atoms with Crippen LogP contribution in [0.4, 0.5) is 0 Å². The van der Waals surface area contributed by atoms with Gasteiger partial charge in [-0.25, -0.2) is 0 Å². The topological polar surface area (TPSA) is 41.9 Å². The van der Waals surface area contributed by atoms with Gasteiger partial charge in [-0.15, -0.1) is 0 Å². The number of benzene rings is 2. The van der Waals surface area contributed by atoms with E-state index in [1.165, 1.54) is 0 Å². The van der Waals surface area contributed by atoms with E-state index in [-0.39, 0.29) is 17.9 Å². The zero-order chi connectivity index (χ0) is 20.2. The zero-order valence-corrected chi connectivity index (χ0v) is 17.7. The summed E-state index contributed by atoms with van der Waals surface area (Å²) < 4.78 is 0. The van der Waals surface area contributed by atoms with Crippen molar-refractivity contribution >= 4 is 34.8 Å². The van der Waals surface area contributed by atoms with E-state index in [1.807, 2.05) is 53.4 Å². The summed E-state index contributed by atoms with van der Waals surface area (Å²) in [7, 11) is 0. The molecule has 1 heterocycles. The number of carbonyl (C=O) groups is 1. The van der Waals surface area contributed by atoms with Gasteiger partial charge in [0.1, 0.15) is 0 Å². The summed E-state index contributed by atoms with van der Waals surface area (Å²) in [5.41, 5.74) is 2.92. The first kappa shape index (κ1) is 20.2. The van der Waals surface area contributed by atoms with Crippen molar-refractivity contribution in [3.05, 3.63) is 69.7 Å². The van der Waals surface area contributed by atoms with E-state index < -0.39 is 0 Å². The second-order valence-electron chi connectivity index (χ2n) is 7.81. The van der Waals surface area contributed by atoms with Gasteiger partial charge in [0.2, 0.25) is 5.91 Å². The molecule has 1 aliphatic carbocycles. The van der Waals surface area contributed by atoms with E-state index in [4.69, 9.17) is 28.0 Å². The molecule has 0 aromatic heterocycles. The third-order valence-corrected chi connectivity index (χ3v) is 6.10. The van der Waals surface area contributed by atoms with Crippen LogP contribution in [-0.2, 0) is 16.2 Å². The van der Waals surface area contributed by atoms with Gasteiger partial charge < -0.3 is 9.74 Å². The Hall–Kier alpha value is -2.04. The normalized spacial score (nSPS) is 19.1. The summed E-state index contributed by atoms with van der Waals surface area (Å²) in [5.74, 6) is 0.332. The third kappa shape index (κ3) is 5.12. The van der Waals surface area contributed by atoms with E-state index in [9.17, 15) is 4.79 Å². The lowest BCUT2D eigenvalue weighted by molar-refractivity contribution is -0.137. The van der Waals surface area contributed by atoms with Crippen LogP contribution in [0.5, 0.6) is 0 Å². The average Bonchev–Trinajstić information content (AvgIpc) is 3.40. The number of halogens is 2. The Bertz CT molecular complexity index is 892. The molecule has 152 valence electrons. The Balaban J connectivity index is 1.45. The molecular formula is C23H24Cl2N2O2. The molecule has 29 heavy (non-hydrogen) atoms. The highest BCUT2D eigenvalue weighted by Crippen LogP contribution is 2.28. The molecule has 4 nitrogen and oxygen atoms in total. The second kappa shape index (κ2) is 9.19. The minimum Gasteiger partial charge on any atom is -0.390 e. The number of nitrogens with zero attached hydrogens (tertiary/aromatic N) is 2. The van der Waals surface area contributed by atoms with E-state index in [2.05, 4.69) is 5.16 Å². The first-order valence-electron chi connectivity index (χ1n) is 10.1. The second-order valence-corrected chi connectivity index (χ2v) is 8.68. The summed E-state index contributed by atoms with van der Waals surface area (Å²) in [6, 6.07) is 15.3. The van der Waals surface area contributed by atoms with Crippen LogP contribution in [-0.4, -0.2) is 29.2 Å². The van der Waals surface area contributed by atoms with Gasteiger partial charge in [0.05, 0.1) is 12.3 Å². The fourth-order valence-corrected chi connectivity index (χ4v) is 4.44. The number of carbonyl (C=O) groups excluding carboxylic acids is 1. The fourth-order valence-electron chi connectivity index (χ4n) is 4.10. The van der Waals surface area contributed by atoms with E-state index in [1.54, 1.807) is 0 Å². The summed E-state index contributed by atoms with van der Waals surface area (Å²) >= 11 is 12.1. The van der Waals surface area contributed by atoms with Crippen LogP contribution < -0.4 is 0 Å². The van der Waals surface area contributed by atoms with Crippen LogP contribution in [0.1, 0.15) is 43.2 Å². The molecule has 0 N–H and O–H groups in total. The molecule has 0 bridgehead atoms. The maximum Gasteiger partial charge on any atom is 0.226 e. The van der Waals surface area contributed by atoms with Crippen LogP contribution in [0.2, 0.25) is 10.0 Å². The van der Waals surface area contributed by atoms with Gasteiger partial charge in [0.25, 0.3) is 0 Å². The van der Waals surface area contributed by atoms with Crippen LogP contribution in [0.3, 0.4) is 0 Å². The van der Waals surface area contributed by atoms with Crippen LogP contribution in [0.25, 0.3) is 0 Å². The smallest absolute Gasteiger partial charge is 0.226 e. The van der Waals surface area contributed by atoms with Crippen LogP contribution in [0.15, 0.2) is 53.7 Å². The Morgan fingerprint density at radius 2 is 1.83 bits per heavy atom. The molecule has 1 saturated carbocycles. The average molecular weight is 431 g/mol. The number of oxime groups is 1. The van der Waals surface area contributed by atoms with Crippen molar-refractivity contribution in [2.45, 2.75) is 44.8 Å². The monoisotopic (exact) mass is 430 g/mol. The highest BCUT2D eigenvalue weighted by Gasteiger charge is 2.31. The predicted octanol–water partition coefficient (Wildman–Crippen LogP) is 5.71. The van der Waals surface area contributed by atoms with Crippen molar-refractivity contribution in [3.63, 3.8) is 0 Å². The molecule has 4 rings (SSSR count). The lowest BCUT2D eigenvalue weighted by Crippen LogP contribution is -2.40. The zero-order valence-electron chi connectivity index (χ0n) is 16.2. The molecule has 6 heteroatoms. The molecule has 0 saturated heterocycles. The largest absolute Gasteiger partial charge is 0.390 e. The summed E-state index contributed by atoms with van der Waals surface area (Å²) in [6.45, 7) is 1.05. The Morgan fingerprint density at radius 3 is 2.55 bits per heavy atom. The van der Waals surface area contributed by atoms with Gasteiger partial charge in [0, 0.05) is 28.9 Å². The standard InChI is InChI=1S/C23H24Cl2N2O2/c24-19-10-8-17(9-11-19)22-13-21(29-26-22)15-27(23(28)18-5-1-2-6-18)14-16-4-3-7-20(25)12-16/h3-4,7-12,18,21H,1-2,5-6,13-15H2. The molecule has 2 aliphatic rings. The Kier molecular flexibility index (Phi) is 6.41. The van der Waals surface area contributed by atoms with Crippen LogP contribution in [0, 0.1) is 5.92 Å². The molecule has 1 aliphatic heterocycles. The Labute approximate surface area is 181 Å². The van der Waals surface area contributed by atoms with Gasteiger partial charge >= 0.3 is 0 Å². The minimum atomic E-state index is -0.148. The predicted molar refractivity (Wildman–Crippen MR) is 116 cm³/mol. The van der Waals surface area contributed by atoms with E-state index >= 15 is 0 Å². The molecule has 1 atom stereocenters. The summed E-state index contributed by atoms with van der Waals surface area (Å²) in [6.07, 6.45) is 4.73. The molecule has 1 fully saturated rings. The van der Waals surface area contributed by atoms with Gasteiger partial charge in [-0.3, -0.25) is 4.79 Å². The molecular weight excluding hydrogens is 407 g/mol. The SMILES string of the molecule is O=C(C1CCCC1)N(Cc1cccc(Cl)c1)CC1CC(c2ccc(Cl)cc2)=NO1. The number of hydrogen-bond donors (Lipinski definition) is 0. The fraction of sp³-hybridized carbons (Fsp3) is 0.391. The molecule has 0 radical (unpaired) electrons. The molecule has 0 spiro atoms. The Morgan fingerprint density at radius 1 is 1.07 bits per heavy atom. The van der Waals surface area contributed by atoms with E-state index in [0.717, 1.165) is 42.5 Å². The van der Waals surface area contributed by atoms with Gasteiger partial charge in [0.15, 0.2) is 6.10 Å². The van der Waals surface area contributed by atoms with Gasteiger partial charge in [-0.1, -0.05) is 65.5 Å². The number of hydrogen-bond acceptors (Lipinski definition) is 3. The van der Waals surface area contributed by atoms with Gasteiger partial charge in [-0.2, -0.15) is 0 Å². The highest BCUT2D eigenvalue weighted by atomic mass is 35.5. The van der Waals surface area contributed by atoms with Crippen molar-refractivity contribution in [1.29, 1.82) is 0 Å². The molecule has 2 aromatic rings. The molecule has 1 amide bonds. The lowest BCUT2D eigenvalue weighted by atomic mass is 10.0. The molecule has 1 unspecified atom stereocenters. The minimum absolute atomic E-state index is 0.118. The highest BCUT2D eigenvalue weighted by molar-refractivity contribution is 6.31. The van der Waals surface area contributed by atoms with Crippen molar-refractivity contribution in [3.8, 4) is 0 Å². The summed E-state index contributed by atoms with van der Waals surface area (Å²) in [4.78, 5) is 20.8. The third-order valence-electron chi connectivity index (χ3n) is 5.61. The van der Waals surface area contributed by atoms with Crippen molar-refractivity contribution in [2.75, 3.05) is 6.54 Å². The maximum absolute atomic E-state index is 13.2. The van der Waals surface area contributed by atoms with Crippen molar-refractivity contribution < 1.29 is 9.63 Å². The first-order valence-corrected chi connectivity index (χ1v) is 10.9. The number of rotatable bonds is 6. The lowest BCUT2D eigenvalue weighted by Gasteiger charge is -2.27. The summed E-state index contributed by atoms with van der Waals surface area (Å²) in [5, 5.41) is 5.64. The molecule has 2 aromatic carbocycles. The maximum atomic E-state index is 13.2. The van der Waals surface area contributed by atoms with Crippen molar-refractivity contribution in [1.82, 2.24) is 4.90 Å². The number of amides is 1. The van der Waals surface area contributed by atoms with Gasteiger partial charge in [-0.05, 0) is 48.2 Å². The first-order chi connectivity index (χ1) is 14.1. The van der Waals surface area contributed by atoms with Crippen molar-refractivity contribution in [2.24, 2.45) is 11.1 Å².